The normalized spacial score (nSPS) is 11.8. The number of hydrogen-bond acceptors (Lipinski definition) is 7. The highest BCUT2D eigenvalue weighted by Gasteiger charge is 2.34. The zero-order valence-electron chi connectivity index (χ0n) is 23.5. The second-order valence-corrected chi connectivity index (χ2v) is 12.4. The lowest BCUT2D eigenvalue weighted by molar-refractivity contribution is 0.0695. The van der Waals surface area contributed by atoms with Crippen molar-refractivity contribution in [2.45, 2.75) is 19.8 Å². The van der Waals surface area contributed by atoms with Crippen LogP contribution in [-0.4, -0.2) is 40.6 Å². The minimum absolute atomic E-state index is 0.0108. The van der Waals surface area contributed by atoms with Gasteiger partial charge in [-0.3, -0.25) is 19.8 Å². The minimum Gasteiger partial charge on any atom is -0.478 e. The molecule has 0 fully saturated rings. The highest BCUT2D eigenvalue weighted by atomic mass is 32.1. The van der Waals surface area contributed by atoms with E-state index in [0.717, 1.165) is 44.2 Å². The van der Waals surface area contributed by atoms with Gasteiger partial charge in [0.05, 0.1) is 26.1 Å². The molecule has 232 valence electrons. The number of rotatable bonds is 6. The van der Waals surface area contributed by atoms with Crippen LogP contribution < -0.4 is 11.1 Å². The van der Waals surface area contributed by atoms with Gasteiger partial charge in [-0.1, -0.05) is 40.9 Å². The Morgan fingerprint density at radius 3 is 1.70 bits per heavy atom. The van der Waals surface area contributed by atoms with Crippen molar-refractivity contribution >= 4 is 49.1 Å². The Hall–Kier alpha value is -5.35. The lowest BCUT2D eigenvalue weighted by Crippen LogP contribution is -2.26. The number of aryl methyl sites for hydroxylation is 2. The van der Waals surface area contributed by atoms with E-state index < -0.39 is 46.3 Å². The number of carboxylic acid groups (broad SMARTS) is 1. The number of hydrogen-bond donors (Lipinski definition) is 3. The first-order valence-electron chi connectivity index (χ1n) is 13.4. The number of aromatic carboxylic acids is 1. The van der Waals surface area contributed by atoms with Gasteiger partial charge in [0.15, 0.2) is 11.6 Å². The molecule has 0 unspecified atom stereocenters. The quantitative estimate of drug-likeness (QED) is 0.189. The Labute approximate surface area is 261 Å². The molecule has 7 aromatic rings. The summed E-state index contributed by atoms with van der Waals surface area (Å²) in [6, 6.07) is 9.39. The maximum atomic E-state index is 14.5. The second-order valence-electron chi connectivity index (χ2n) is 10.4. The van der Waals surface area contributed by atoms with Crippen molar-refractivity contribution in [1.82, 2.24) is 29.5 Å². The molecule has 0 bridgehead atoms. The third-order valence-electron chi connectivity index (χ3n) is 7.50. The van der Waals surface area contributed by atoms with E-state index in [1.807, 2.05) is 0 Å². The Bertz CT molecular complexity index is 2360. The van der Waals surface area contributed by atoms with E-state index in [1.165, 1.54) is 18.2 Å². The summed E-state index contributed by atoms with van der Waals surface area (Å²) >= 11 is 1.70. The van der Waals surface area contributed by atoms with Gasteiger partial charge in [0.2, 0.25) is 10.3 Å². The Morgan fingerprint density at radius 1 is 0.783 bits per heavy atom. The lowest BCUT2D eigenvalue weighted by atomic mass is 9.83. The van der Waals surface area contributed by atoms with E-state index in [4.69, 9.17) is 0 Å². The Morgan fingerprint density at radius 2 is 1.24 bits per heavy atom. The monoisotopic (exact) mass is 666 g/mol. The fourth-order valence-electron chi connectivity index (χ4n) is 5.55. The first-order chi connectivity index (χ1) is 21.9. The molecule has 4 heterocycles. The van der Waals surface area contributed by atoms with Crippen LogP contribution in [0.1, 0.15) is 44.4 Å². The fraction of sp³-hybridized carbons (Fsp3) is 0.100. The number of thiazole rings is 2. The number of nitrogens with one attached hydrogen (secondary N) is 2. The van der Waals surface area contributed by atoms with E-state index in [2.05, 4.69) is 20.2 Å². The molecule has 3 aromatic carbocycles. The van der Waals surface area contributed by atoms with Crippen molar-refractivity contribution in [3.63, 3.8) is 0 Å². The summed E-state index contributed by atoms with van der Waals surface area (Å²) in [6.45, 7) is 3.09. The highest BCUT2D eigenvalue weighted by molar-refractivity contribution is 7.21. The van der Waals surface area contributed by atoms with E-state index in [9.17, 15) is 37.1 Å². The first kappa shape index (κ1) is 29.4. The van der Waals surface area contributed by atoms with Crippen LogP contribution in [0.5, 0.6) is 0 Å². The largest absolute Gasteiger partial charge is 0.478 e. The first-order valence-corrected chi connectivity index (χ1v) is 15.0. The second kappa shape index (κ2) is 10.6. The average Bonchev–Trinajstić information content (AvgIpc) is 3.75. The number of H-pyrrole nitrogens is 2. The third kappa shape index (κ3) is 4.56. The van der Waals surface area contributed by atoms with E-state index in [1.54, 1.807) is 19.9 Å². The zero-order valence-corrected chi connectivity index (χ0v) is 25.1. The maximum absolute atomic E-state index is 14.5. The molecule has 0 amide bonds. The third-order valence-corrected chi connectivity index (χ3v) is 9.48. The van der Waals surface area contributed by atoms with Gasteiger partial charge in [-0.2, -0.15) is 9.36 Å². The van der Waals surface area contributed by atoms with Crippen LogP contribution in [0.25, 0.3) is 30.7 Å². The van der Waals surface area contributed by atoms with Crippen molar-refractivity contribution in [2.75, 3.05) is 0 Å². The standard InChI is InChI=1S/C30H18F4N6O4S2/c1-11-21(26(41)39(37-11)29-35-24-17(33)7-13(31)9-19(24)45-29)23(15-5-3-4-6-16(15)28(43)44)22-12(2)38-40(27(22)42)30-36-25-18(34)8-14(32)10-20(25)46-30/h3-10,23,37-38H,1-2H3,(H,43,44). The number of fused-ring (bicyclic) bond motifs is 2. The van der Waals surface area contributed by atoms with Crippen LogP contribution in [0.15, 0.2) is 58.1 Å². The van der Waals surface area contributed by atoms with Crippen LogP contribution in [0.2, 0.25) is 0 Å². The molecule has 46 heavy (non-hydrogen) atoms. The van der Waals surface area contributed by atoms with Gasteiger partial charge in [-0.25, -0.2) is 32.3 Å². The lowest BCUT2D eigenvalue weighted by Gasteiger charge is -2.18. The SMILES string of the molecule is Cc1[nH]n(-c2nc3c(F)cc(F)cc3s2)c(=O)c1C(c1ccccc1C(=O)O)c1c(C)[nH]n(-c2nc3c(F)cc(F)cc3s2)c1=O. The summed E-state index contributed by atoms with van der Waals surface area (Å²) in [7, 11) is 0. The summed E-state index contributed by atoms with van der Waals surface area (Å²) in [4.78, 5) is 49.0. The number of aromatic amines is 2. The van der Waals surface area contributed by atoms with Gasteiger partial charge in [0.25, 0.3) is 11.1 Å². The smallest absolute Gasteiger partial charge is 0.335 e. The number of aromatic nitrogens is 6. The topological polar surface area (TPSA) is 139 Å². The molecular weight excluding hydrogens is 648 g/mol. The summed E-state index contributed by atoms with van der Waals surface area (Å²) in [5.74, 6) is -6.04. The molecule has 7 rings (SSSR count). The number of halogens is 4. The van der Waals surface area contributed by atoms with Crippen molar-refractivity contribution < 1.29 is 27.5 Å². The van der Waals surface area contributed by atoms with Gasteiger partial charge in [-0.15, -0.1) is 0 Å². The van der Waals surface area contributed by atoms with Crippen LogP contribution in [0.4, 0.5) is 17.6 Å². The fourth-order valence-corrected chi connectivity index (χ4v) is 7.48. The molecule has 0 aliphatic carbocycles. The summed E-state index contributed by atoms with van der Waals surface area (Å²) in [5.41, 5.74) is -1.33. The summed E-state index contributed by atoms with van der Waals surface area (Å²) < 4.78 is 59.0. The molecule has 0 aliphatic heterocycles. The highest BCUT2D eigenvalue weighted by Crippen LogP contribution is 2.36. The van der Waals surface area contributed by atoms with Gasteiger partial charge in [0.1, 0.15) is 22.7 Å². The molecule has 10 nitrogen and oxygen atoms in total. The van der Waals surface area contributed by atoms with E-state index in [-0.39, 0.29) is 64.3 Å². The average molecular weight is 667 g/mol. The molecule has 16 heteroatoms. The number of carbonyl (C=O) groups is 1. The van der Waals surface area contributed by atoms with E-state index in [0.29, 0.717) is 12.1 Å². The van der Waals surface area contributed by atoms with Gasteiger partial charge < -0.3 is 5.11 Å². The van der Waals surface area contributed by atoms with Gasteiger partial charge in [-0.05, 0) is 37.6 Å². The summed E-state index contributed by atoms with van der Waals surface area (Å²) in [6.07, 6.45) is 0. The molecule has 0 aliphatic rings. The summed E-state index contributed by atoms with van der Waals surface area (Å²) in [5, 5.41) is 15.8. The van der Waals surface area contributed by atoms with Crippen LogP contribution in [0, 0.1) is 37.1 Å². The van der Waals surface area contributed by atoms with Crippen LogP contribution >= 0.6 is 22.7 Å². The molecule has 0 radical (unpaired) electrons. The molecule has 0 atom stereocenters. The molecule has 0 spiro atoms. The van der Waals surface area contributed by atoms with Crippen molar-refractivity contribution in [1.29, 1.82) is 0 Å². The van der Waals surface area contributed by atoms with Crippen molar-refractivity contribution in [2.24, 2.45) is 0 Å². The minimum atomic E-state index is -1.31. The van der Waals surface area contributed by atoms with Gasteiger partial charge >= 0.3 is 5.97 Å². The Balaban J connectivity index is 1.47. The number of benzene rings is 3. The van der Waals surface area contributed by atoms with Crippen molar-refractivity contribution in [3.8, 4) is 10.3 Å². The predicted molar refractivity (Wildman–Crippen MR) is 163 cm³/mol. The van der Waals surface area contributed by atoms with Crippen LogP contribution in [-0.2, 0) is 0 Å². The molecular formula is C30H18F4N6O4S2. The molecule has 0 saturated carbocycles. The molecule has 3 N–H and O–H groups in total. The number of carboxylic acids is 1. The number of nitrogens with zero attached hydrogens (tertiary/aromatic N) is 4. The van der Waals surface area contributed by atoms with Gasteiger partial charge in [0, 0.05) is 29.4 Å². The molecule has 0 saturated heterocycles. The van der Waals surface area contributed by atoms with E-state index >= 15 is 0 Å². The Kier molecular flexibility index (Phi) is 6.79. The van der Waals surface area contributed by atoms with Crippen molar-refractivity contribution in [3.05, 3.63) is 126 Å². The van der Waals surface area contributed by atoms with Crippen LogP contribution in [0.3, 0.4) is 0 Å². The zero-order chi connectivity index (χ0) is 32.6. The maximum Gasteiger partial charge on any atom is 0.335 e. The predicted octanol–water partition coefficient (Wildman–Crippen LogP) is 5.92. The molecule has 4 aromatic heterocycles.